The lowest BCUT2D eigenvalue weighted by Gasteiger charge is -2.17. The third-order valence-corrected chi connectivity index (χ3v) is 5.04. The summed E-state index contributed by atoms with van der Waals surface area (Å²) in [7, 11) is 0. The summed E-state index contributed by atoms with van der Waals surface area (Å²) in [6.45, 7) is 1.89. The van der Waals surface area contributed by atoms with Gasteiger partial charge in [0.05, 0.1) is 11.4 Å². The molecule has 0 radical (unpaired) electrons. The molecule has 1 heterocycles. The van der Waals surface area contributed by atoms with E-state index >= 15 is 0 Å². The van der Waals surface area contributed by atoms with Crippen molar-refractivity contribution in [2.75, 3.05) is 4.90 Å². The average molecular weight is 368 g/mol. The molecule has 1 aliphatic heterocycles. The van der Waals surface area contributed by atoms with Gasteiger partial charge in [0.2, 0.25) is 5.91 Å². The van der Waals surface area contributed by atoms with Gasteiger partial charge in [0.1, 0.15) is 4.32 Å². The second kappa shape index (κ2) is 7.63. The molecule has 1 saturated heterocycles. The number of thiocarbonyl (C=S) groups is 1. The van der Waals surface area contributed by atoms with Gasteiger partial charge in [0.15, 0.2) is 0 Å². The number of amides is 2. The third kappa shape index (κ3) is 3.97. The summed E-state index contributed by atoms with van der Waals surface area (Å²) in [6.07, 6.45) is 1.57. The first kappa shape index (κ1) is 17.4. The van der Waals surface area contributed by atoms with E-state index < -0.39 is 0 Å². The van der Waals surface area contributed by atoms with Gasteiger partial charge in [0.25, 0.3) is 5.91 Å². The maximum Gasteiger partial charge on any atom is 0.267 e. The fourth-order valence-electron chi connectivity index (χ4n) is 2.45. The summed E-state index contributed by atoms with van der Waals surface area (Å²) in [4.78, 5) is 28.2. The van der Waals surface area contributed by atoms with Crippen molar-refractivity contribution in [2.24, 2.45) is 0 Å². The number of hydrogen-bond acceptors (Lipinski definition) is 4. The first-order valence-electron chi connectivity index (χ1n) is 7.70. The number of nitrogens with zero attached hydrogens (tertiary/aromatic N) is 2. The second-order valence-corrected chi connectivity index (χ2v) is 7.14. The van der Waals surface area contributed by atoms with E-state index in [9.17, 15) is 9.59 Å². The van der Waals surface area contributed by atoms with Gasteiger partial charge < -0.3 is 0 Å². The van der Waals surface area contributed by atoms with Crippen molar-refractivity contribution in [2.45, 2.75) is 13.5 Å². The SMILES string of the molecule is CC(=O)N(/C=C1\SC(=S)N(Cc2ccccc2)C1=O)c1ccccc1. The van der Waals surface area contributed by atoms with Gasteiger partial charge in [0, 0.05) is 18.8 Å². The molecule has 0 saturated carbocycles. The zero-order chi connectivity index (χ0) is 17.8. The quantitative estimate of drug-likeness (QED) is 0.605. The van der Waals surface area contributed by atoms with Crippen molar-refractivity contribution in [3.63, 3.8) is 0 Å². The van der Waals surface area contributed by atoms with Crippen LogP contribution < -0.4 is 4.90 Å². The summed E-state index contributed by atoms with van der Waals surface area (Å²) < 4.78 is 0.497. The number of thioether (sulfide) groups is 1. The molecule has 1 aliphatic rings. The summed E-state index contributed by atoms with van der Waals surface area (Å²) in [5.74, 6) is -0.347. The molecule has 1 fully saturated rings. The molecule has 2 aromatic rings. The van der Waals surface area contributed by atoms with E-state index in [1.807, 2.05) is 60.7 Å². The Kier molecular flexibility index (Phi) is 5.31. The number of para-hydroxylation sites is 1. The van der Waals surface area contributed by atoms with E-state index in [1.54, 1.807) is 11.1 Å². The van der Waals surface area contributed by atoms with E-state index in [4.69, 9.17) is 12.2 Å². The van der Waals surface area contributed by atoms with E-state index in [0.29, 0.717) is 21.5 Å². The molecule has 3 rings (SSSR count). The van der Waals surface area contributed by atoms with Crippen LogP contribution in [0.5, 0.6) is 0 Å². The molecule has 0 spiro atoms. The second-order valence-electron chi connectivity index (χ2n) is 5.46. The Labute approximate surface area is 156 Å². The van der Waals surface area contributed by atoms with Crippen LogP contribution in [0.25, 0.3) is 0 Å². The van der Waals surface area contributed by atoms with E-state index in [2.05, 4.69) is 0 Å². The minimum Gasteiger partial charge on any atom is -0.288 e. The number of anilines is 1. The monoisotopic (exact) mass is 368 g/mol. The van der Waals surface area contributed by atoms with Gasteiger partial charge in [-0.1, -0.05) is 72.5 Å². The molecular formula is C19H16N2O2S2. The molecule has 0 aromatic heterocycles. The van der Waals surface area contributed by atoms with Crippen LogP contribution in [0.15, 0.2) is 71.8 Å². The molecule has 0 unspecified atom stereocenters. The first-order valence-corrected chi connectivity index (χ1v) is 8.93. The predicted molar refractivity (Wildman–Crippen MR) is 105 cm³/mol. The molecular weight excluding hydrogens is 352 g/mol. The zero-order valence-corrected chi connectivity index (χ0v) is 15.2. The van der Waals surface area contributed by atoms with Crippen molar-refractivity contribution in [1.29, 1.82) is 0 Å². The molecule has 2 amide bonds. The van der Waals surface area contributed by atoms with Crippen LogP contribution in [0.3, 0.4) is 0 Å². The lowest BCUT2D eigenvalue weighted by atomic mass is 10.2. The Morgan fingerprint density at radius 3 is 2.32 bits per heavy atom. The Balaban J connectivity index is 1.85. The third-order valence-electron chi connectivity index (χ3n) is 3.68. The molecule has 0 bridgehead atoms. The van der Waals surface area contributed by atoms with Gasteiger partial charge in [-0.15, -0.1) is 0 Å². The van der Waals surface area contributed by atoms with Crippen LogP contribution in [0.1, 0.15) is 12.5 Å². The topological polar surface area (TPSA) is 40.6 Å². The fourth-order valence-corrected chi connectivity index (χ4v) is 3.66. The number of rotatable bonds is 4. The highest BCUT2D eigenvalue weighted by Gasteiger charge is 2.33. The Morgan fingerprint density at radius 2 is 1.72 bits per heavy atom. The molecule has 0 aliphatic carbocycles. The van der Waals surface area contributed by atoms with Crippen molar-refractivity contribution < 1.29 is 9.59 Å². The van der Waals surface area contributed by atoms with E-state index in [-0.39, 0.29) is 11.8 Å². The molecule has 25 heavy (non-hydrogen) atoms. The fraction of sp³-hybridized carbons (Fsp3) is 0.105. The van der Waals surface area contributed by atoms with Crippen molar-refractivity contribution in [3.05, 3.63) is 77.3 Å². The zero-order valence-electron chi connectivity index (χ0n) is 13.6. The predicted octanol–water partition coefficient (Wildman–Crippen LogP) is 3.94. The highest BCUT2D eigenvalue weighted by molar-refractivity contribution is 8.26. The summed E-state index contributed by atoms with van der Waals surface area (Å²) in [6, 6.07) is 18.9. The summed E-state index contributed by atoms with van der Waals surface area (Å²) in [5.41, 5.74) is 1.72. The largest absolute Gasteiger partial charge is 0.288 e. The van der Waals surface area contributed by atoms with Crippen molar-refractivity contribution >= 4 is 45.8 Å². The van der Waals surface area contributed by atoms with Crippen molar-refractivity contribution in [1.82, 2.24) is 4.90 Å². The number of carbonyl (C=O) groups excluding carboxylic acids is 2. The van der Waals surface area contributed by atoms with Gasteiger partial charge in [-0.2, -0.15) is 0 Å². The highest BCUT2D eigenvalue weighted by atomic mass is 32.2. The van der Waals surface area contributed by atoms with Gasteiger partial charge in [-0.3, -0.25) is 19.4 Å². The van der Waals surface area contributed by atoms with Crippen LogP contribution in [-0.2, 0) is 16.1 Å². The molecule has 0 N–H and O–H groups in total. The maximum absolute atomic E-state index is 12.7. The number of carbonyl (C=O) groups is 2. The standard InChI is InChI=1S/C19H16N2O2S2/c1-14(22)20(16-10-6-3-7-11-16)13-17-18(23)21(19(24)25-17)12-15-8-4-2-5-9-15/h2-11,13H,12H2,1H3/b17-13-. The Hall–Kier alpha value is -2.44. The summed E-state index contributed by atoms with van der Waals surface area (Å²) >= 11 is 6.57. The molecule has 4 nitrogen and oxygen atoms in total. The Morgan fingerprint density at radius 1 is 1.12 bits per heavy atom. The van der Waals surface area contributed by atoms with E-state index in [1.165, 1.54) is 23.6 Å². The normalized spacial score (nSPS) is 15.7. The lowest BCUT2D eigenvalue weighted by molar-refractivity contribution is -0.122. The molecule has 126 valence electrons. The summed E-state index contributed by atoms with van der Waals surface area (Å²) in [5, 5.41) is 0. The minimum absolute atomic E-state index is 0.167. The minimum atomic E-state index is -0.180. The molecule has 0 atom stereocenters. The average Bonchev–Trinajstić information content (AvgIpc) is 2.88. The smallest absolute Gasteiger partial charge is 0.267 e. The van der Waals surface area contributed by atoms with Gasteiger partial charge >= 0.3 is 0 Å². The Bertz CT molecular complexity index is 835. The van der Waals surface area contributed by atoms with Crippen LogP contribution >= 0.6 is 24.0 Å². The van der Waals surface area contributed by atoms with Gasteiger partial charge in [-0.25, -0.2) is 0 Å². The van der Waals surface area contributed by atoms with Crippen LogP contribution in [-0.4, -0.2) is 21.0 Å². The maximum atomic E-state index is 12.7. The highest BCUT2D eigenvalue weighted by Crippen LogP contribution is 2.33. The van der Waals surface area contributed by atoms with Gasteiger partial charge in [-0.05, 0) is 17.7 Å². The molecule has 6 heteroatoms. The number of hydrogen-bond donors (Lipinski definition) is 0. The number of benzene rings is 2. The van der Waals surface area contributed by atoms with Crippen LogP contribution in [0.4, 0.5) is 5.69 Å². The molecule has 2 aromatic carbocycles. The first-order chi connectivity index (χ1) is 12.1. The van der Waals surface area contributed by atoms with Crippen LogP contribution in [0, 0.1) is 0 Å². The van der Waals surface area contributed by atoms with Crippen molar-refractivity contribution in [3.8, 4) is 0 Å². The van der Waals surface area contributed by atoms with E-state index in [0.717, 1.165) is 5.56 Å². The lowest BCUT2D eigenvalue weighted by Crippen LogP contribution is -2.28. The van der Waals surface area contributed by atoms with Crippen LogP contribution in [0.2, 0.25) is 0 Å².